The molecule has 1 saturated carbocycles. The summed E-state index contributed by atoms with van der Waals surface area (Å²) in [6, 6.07) is 0. The molecule has 1 fully saturated rings. The zero-order valence-electron chi connectivity index (χ0n) is 9.13. The maximum atomic E-state index is 11.6. The summed E-state index contributed by atoms with van der Waals surface area (Å²) in [4.78, 5) is 22.5. The van der Waals surface area contributed by atoms with E-state index in [-0.39, 0.29) is 23.5 Å². The first-order valence-electron chi connectivity index (χ1n) is 5.04. The number of hydrogen-bond acceptors (Lipinski definition) is 3. The first-order valence-corrected chi connectivity index (χ1v) is 5.04. The molecule has 0 heterocycles. The molecular weight excluding hydrogens is 180 g/mol. The Labute approximate surface area is 84.8 Å². The van der Waals surface area contributed by atoms with Crippen LogP contribution in [0, 0.1) is 11.3 Å². The summed E-state index contributed by atoms with van der Waals surface area (Å²) in [5, 5.41) is 0. The van der Waals surface area contributed by atoms with Crippen LogP contribution in [0.25, 0.3) is 0 Å². The van der Waals surface area contributed by atoms with E-state index in [1.165, 1.54) is 7.11 Å². The molecule has 0 saturated heterocycles. The van der Waals surface area contributed by atoms with Crippen LogP contribution in [0.3, 0.4) is 0 Å². The zero-order valence-corrected chi connectivity index (χ0v) is 9.13. The van der Waals surface area contributed by atoms with Crippen molar-refractivity contribution in [3.8, 4) is 0 Å². The van der Waals surface area contributed by atoms with E-state index in [4.69, 9.17) is 0 Å². The van der Waals surface area contributed by atoms with E-state index in [1.807, 2.05) is 0 Å². The van der Waals surface area contributed by atoms with Crippen molar-refractivity contribution >= 4 is 11.8 Å². The topological polar surface area (TPSA) is 43.4 Å². The molecule has 3 nitrogen and oxygen atoms in total. The van der Waals surface area contributed by atoms with Gasteiger partial charge in [-0.15, -0.1) is 0 Å². The molecular formula is C11H18O3. The molecule has 1 atom stereocenters. The van der Waals surface area contributed by atoms with Gasteiger partial charge in [0.05, 0.1) is 7.11 Å². The van der Waals surface area contributed by atoms with Crippen molar-refractivity contribution in [3.05, 3.63) is 0 Å². The van der Waals surface area contributed by atoms with Gasteiger partial charge in [0.2, 0.25) is 0 Å². The minimum Gasteiger partial charge on any atom is -0.469 e. The van der Waals surface area contributed by atoms with E-state index < -0.39 is 5.97 Å². The predicted molar refractivity (Wildman–Crippen MR) is 52.8 cm³/mol. The van der Waals surface area contributed by atoms with Gasteiger partial charge in [-0.1, -0.05) is 13.8 Å². The number of esters is 1. The molecule has 14 heavy (non-hydrogen) atoms. The van der Waals surface area contributed by atoms with E-state index >= 15 is 0 Å². The van der Waals surface area contributed by atoms with E-state index in [2.05, 4.69) is 18.6 Å². The number of rotatable bonds is 3. The van der Waals surface area contributed by atoms with Crippen molar-refractivity contribution in [2.24, 2.45) is 11.3 Å². The number of carbonyl (C=O) groups excluding carboxylic acids is 2. The van der Waals surface area contributed by atoms with Gasteiger partial charge in [0.25, 0.3) is 0 Å². The third kappa shape index (κ3) is 2.82. The van der Waals surface area contributed by atoms with Crippen molar-refractivity contribution < 1.29 is 14.3 Å². The second-order valence-electron chi connectivity index (χ2n) is 4.82. The fraction of sp³-hybridized carbons (Fsp3) is 0.818. The first-order chi connectivity index (χ1) is 6.44. The highest BCUT2D eigenvalue weighted by Crippen LogP contribution is 2.41. The van der Waals surface area contributed by atoms with Gasteiger partial charge in [-0.25, -0.2) is 0 Å². The molecule has 0 amide bonds. The van der Waals surface area contributed by atoms with Crippen LogP contribution in [0.15, 0.2) is 0 Å². The van der Waals surface area contributed by atoms with Gasteiger partial charge in [0.15, 0.2) is 0 Å². The largest absolute Gasteiger partial charge is 0.469 e. The van der Waals surface area contributed by atoms with Crippen LogP contribution in [0.5, 0.6) is 0 Å². The Morgan fingerprint density at radius 3 is 2.50 bits per heavy atom. The Hall–Kier alpha value is -0.860. The van der Waals surface area contributed by atoms with Crippen LogP contribution >= 0.6 is 0 Å². The van der Waals surface area contributed by atoms with E-state index in [0.29, 0.717) is 0 Å². The Balaban J connectivity index is 2.44. The summed E-state index contributed by atoms with van der Waals surface area (Å²) in [6.07, 6.45) is 2.84. The van der Waals surface area contributed by atoms with Gasteiger partial charge in [0.1, 0.15) is 12.2 Å². The van der Waals surface area contributed by atoms with Crippen molar-refractivity contribution in [3.63, 3.8) is 0 Å². The van der Waals surface area contributed by atoms with Crippen LogP contribution < -0.4 is 0 Å². The Morgan fingerprint density at radius 2 is 2.07 bits per heavy atom. The summed E-state index contributed by atoms with van der Waals surface area (Å²) < 4.78 is 4.47. The highest BCUT2D eigenvalue weighted by atomic mass is 16.5. The highest BCUT2D eigenvalue weighted by Gasteiger charge is 2.35. The molecule has 0 aromatic rings. The van der Waals surface area contributed by atoms with Crippen molar-refractivity contribution in [2.75, 3.05) is 7.11 Å². The molecule has 0 bridgehead atoms. The third-order valence-corrected chi connectivity index (χ3v) is 2.97. The molecule has 3 heteroatoms. The normalized spacial score (nSPS) is 24.6. The molecule has 80 valence electrons. The molecule has 0 N–H and O–H groups in total. The monoisotopic (exact) mass is 198 g/mol. The predicted octanol–water partition coefficient (Wildman–Crippen LogP) is 1.94. The molecule has 1 rings (SSSR count). The number of ether oxygens (including phenoxy) is 1. The van der Waals surface area contributed by atoms with E-state index in [9.17, 15) is 9.59 Å². The summed E-state index contributed by atoms with van der Waals surface area (Å²) >= 11 is 0. The number of hydrogen-bond donors (Lipinski definition) is 0. The number of carbonyl (C=O) groups is 2. The van der Waals surface area contributed by atoms with E-state index in [0.717, 1.165) is 19.3 Å². The van der Waals surface area contributed by atoms with Gasteiger partial charge in [-0.3, -0.25) is 9.59 Å². The molecule has 0 aliphatic heterocycles. The summed E-state index contributed by atoms with van der Waals surface area (Å²) in [5.41, 5.74) is 0.260. The molecule has 0 spiro atoms. The second-order valence-corrected chi connectivity index (χ2v) is 4.82. The number of ketones is 1. The first kappa shape index (κ1) is 11.2. The Morgan fingerprint density at radius 1 is 1.43 bits per heavy atom. The Bertz CT molecular complexity index is 243. The highest BCUT2D eigenvalue weighted by molar-refractivity contribution is 5.96. The third-order valence-electron chi connectivity index (χ3n) is 2.97. The maximum absolute atomic E-state index is 11.6. The van der Waals surface area contributed by atoms with Crippen molar-refractivity contribution in [1.29, 1.82) is 0 Å². The minimum atomic E-state index is -0.417. The molecule has 0 radical (unpaired) electrons. The number of Topliss-reactive ketones (excluding diaryl/α,β-unsaturated/α-hetero) is 1. The fourth-order valence-electron chi connectivity index (χ4n) is 2.07. The lowest BCUT2D eigenvalue weighted by molar-refractivity contribution is -0.144. The summed E-state index contributed by atoms with van der Waals surface area (Å²) in [5.74, 6) is -0.300. The summed E-state index contributed by atoms with van der Waals surface area (Å²) in [6.45, 7) is 4.33. The molecule has 0 aromatic heterocycles. The lowest BCUT2D eigenvalue weighted by atomic mass is 9.89. The van der Waals surface area contributed by atoms with Crippen LogP contribution in [0.4, 0.5) is 0 Å². The van der Waals surface area contributed by atoms with Gasteiger partial charge in [-0.2, -0.15) is 0 Å². The zero-order chi connectivity index (χ0) is 10.8. The average molecular weight is 198 g/mol. The van der Waals surface area contributed by atoms with E-state index in [1.54, 1.807) is 0 Å². The Kier molecular flexibility index (Phi) is 3.29. The quantitative estimate of drug-likeness (QED) is 0.514. The molecule has 1 aliphatic carbocycles. The van der Waals surface area contributed by atoms with Crippen molar-refractivity contribution in [1.82, 2.24) is 0 Å². The van der Waals surface area contributed by atoms with Gasteiger partial charge >= 0.3 is 5.97 Å². The van der Waals surface area contributed by atoms with Crippen LogP contribution in [-0.4, -0.2) is 18.9 Å². The lowest BCUT2D eigenvalue weighted by Gasteiger charge is -2.16. The van der Waals surface area contributed by atoms with Crippen molar-refractivity contribution in [2.45, 2.75) is 39.5 Å². The smallest absolute Gasteiger partial charge is 0.313 e. The molecule has 1 aliphatic rings. The number of methoxy groups -OCH3 is 1. The van der Waals surface area contributed by atoms with Gasteiger partial charge < -0.3 is 4.74 Å². The SMILES string of the molecule is COC(=O)CC(=O)C1CCC(C)(C)C1. The van der Waals surface area contributed by atoms with Gasteiger partial charge in [0, 0.05) is 5.92 Å². The molecule has 1 unspecified atom stereocenters. The second kappa shape index (κ2) is 4.11. The lowest BCUT2D eigenvalue weighted by Crippen LogP contribution is -2.18. The standard InChI is InChI=1S/C11H18O3/c1-11(2)5-4-8(7-11)9(12)6-10(13)14-3/h8H,4-7H2,1-3H3. The van der Waals surface area contributed by atoms with Crippen LogP contribution in [0.2, 0.25) is 0 Å². The van der Waals surface area contributed by atoms with Crippen LogP contribution in [0.1, 0.15) is 39.5 Å². The van der Waals surface area contributed by atoms with Crippen LogP contribution in [-0.2, 0) is 14.3 Å². The summed E-state index contributed by atoms with van der Waals surface area (Å²) in [7, 11) is 1.31. The minimum absolute atomic E-state index is 0.0439. The van der Waals surface area contributed by atoms with Gasteiger partial charge in [-0.05, 0) is 24.7 Å². The maximum Gasteiger partial charge on any atom is 0.313 e. The average Bonchev–Trinajstić information content (AvgIpc) is 2.46. The molecule has 0 aromatic carbocycles. The fourth-order valence-corrected chi connectivity index (χ4v) is 2.07.